The van der Waals surface area contributed by atoms with Gasteiger partial charge < -0.3 is 9.84 Å². The second-order valence-corrected chi connectivity index (χ2v) is 2.65. The summed E-state index contributed by atoms with van der Waals surface area (Å²) in [6.07, 6.45) is 1.54. The van der Waals surface area contributed by atoms with Crippen molar-refractivity contribution in [2.24, 2.45) is 0 Å². The van der Waals surface area contributed by atoms with Crippen molar-refractivity contribution in [2.75, 3.05) is 13.2 Å². The molecule has 56 valence electrons. The fourth-order valence-electron chi connectivity index (χ4n) is 0.597. The van der Waals surface area contributed by atoms with E-state index in [9.17, 15) is 0 Å². The maximum absolute atomic E-state index is 8.41. The Hall–Kier alpha value is -0.520. The normalized spacial score (nSPS) is 29.0. The first-order valence-electron chi connectivity index (χ1n) is 3.52. The van der Waals surface area contributed by atoms with E-state index >= 15 is 0 Å². The third-order valence-electron chi connectivity index (χ3n) is 1.39. The van der Waals surface area contributed by atoms with Gasteiger partial charge in [-0.05, 0) is 13.3 Å². The van der Waals surface area contributed by atoms with Gasteiger partial charge in [0.25, 0.3) is 0 Å². The molecule has 0 aromatic rings. The summed E-state index contributed by atoms with van der Waals surface area (Å²) in [5.41, 5.74) is -0.143. The molecule has 0 bridgehead atoms. The predicted octanol–water partition coefficient (Wildman–Crippen LogP) is 0.551. The van der Waals surface area contributed by atoms with Gasteiger partial charge in [-0.2, -0.15) is 0 Å². The van der Waals surface area contributed by atoms with Crippen molar-refractivity contribution < 1.29 is 9.84 Å². The quantitative estimate of drug-likeness (QED) is 0.345. The lowest BCUT2D eigenvalue weighted by Crippen LogP contribution is -1.97. The topological polar surface area (TPSA) is 32.8 Å². The molecule has 0 aromatic carbocycles. The molecule has 1 fully saturated rings. The molecule has 0 saturated carbocycles. The lowest BCUT2D eigenvalue weighted by Gasteiger charge is -1.88. The Bertz CT molecular complexity index is 160. The molecule has 1 atom stereocenters. The van der Waals surface area contributed by atoms with Crippen molar-refractivity contribution >= 4 is 0 Å². The molecule has 1 unspecified atom stereocenters. The zero-order chi connectivity index (χ0) is 7.45. The molecular formula is C8H12O2. The number of unbranched alkanes of at least 4 members (excludes halogenated alkanes) is 1. The lowest BCUT2D eigenvalue weighted by molar-refractivity contribution is 0.290. The number of hydrogen-bond donors (Lipinski definition) is 1. The molecule has 2 nitrogen and oxygen atoms in total. The molecule has 2 heteroatoms. The minimum atomic E-state index is -0.143. The summed E-state index contributed by atoms with van der Waals surface area (Å²) >= 11 is 0. The van der Waals surface area contributed by atoms with Gasteiger partial charge in [0.15, 0.2) is 0 Å². The summed E-state index contributed by atoms with van der Waals surface area (Å²) in [6, 6.07) is 0. The van der Waals surface area contributed by atoms with Gasteiger partial charge in [0.2, 0.25) is 0 Å². The van der Waals surface area contributed by atoms with Crippen LogP contribution in [0.3, 0.4) is 0 Å². The van der Waals surface area contributed by atoms with Crippen molar-refractivity contribution in [3.63, 3.8) is 0 Å². The molecule has 10 heavy (non-hydrogen) atoms. The van der Waals surface area contributed by atoms with Gasteiger partial charge >= 0.3 is 0 Å². The standard InChI is InChI=1S/C8H12O2/c1-8(7-10-8)5-3-2-4-6-9/h9H,2,4,6-7H2,1H3. The summed E-state index contributed by atoms with van der Waals surface area (Å²) in [5.74, 6) is 5.94. The predicted molar refractivity (Wildman–Crippen MR) is 38.5 cm³/mol. The Morgan fingerprint density at radius 3 is 2.90 bits per heavy atom. The van der Waals surface area contributed by atoms with Crippen LogP contribution in [-0.2, 0) is 4.74 Å². The number of ether oxygens (including phenoxy) is 1. The molecule has 0 spiro atoms. The Labute approximate surface area is 61.2 Å². The molecule has 0 radical (unpaired) electrons. The van der Waals surface area contributed by atoms with E-state index in [4.69, 9.17) is 9.84 Å². The van der Waals surface area contributed by atoms with Crippen molar-refractivity contribution in [1.29, 1.82) is 0 Å². The molecule has 1 aliphatic heterocycles. The highest BCUT2D eigenvalue weighted by Crippen LogP contribution is 2.24. The Kier molecular flexibility index (Phi) is 2.31. The van der Waals surface area contributed by atoms with Gasteiger partial charge in [0.05, 0.1) is 6.61 Å². The minimum absolute atomic E-state index is 0.143. The average molecular weight is 140 g/mol. The Morgan fingerprint density at radius 1 is 1.70 bits per heavy atom. The molecular weight excluding hydrogens is 128 g/mol. The highest BCUT2D eigenvalue weighted by molar-refractivity contribution is 5.18. The molecule has 1 heterocycles. The molecule has 1 aliphatic rings. The van der Waals surface area contributed by atoms with Crippen LogP contribution in [0.4, 0.5) is 0 Å². The monoisotopic (exact) mass is 140 g/mol. The molecule has 0 aliphatic carbocycles. The maximum atomic E-state index is 8.41. The highest BCUT2D eigenvalue weighted by Gasteiger charge is 2.36. The molecule has 0 aromatic heterocycles. The summed E-state index contributed by atoms with van der Waals surface area (Å²) in [7, 11) is 0. The number of rotatable bonds is 2. The van der Waals surface area contributed by atoms with E-state index in [-0.39, 0.29) is 12.2 Å². The third-order valence-corrected chi connectivity index (χ3v) is 1.39. The first-order chi connectivity index (χ1) is 4.77. The number of aliphatic hydroxyl groups excluding tert-OH is 1. The fraction of sp³-hybridized carbons (Fsp3) is 0.750. The van der Waals surface area contributed by atoms with Crippen molar-refractivity contribution in [2.45, 2.75) is 25.4 Å². The zero-order valence-electron chi connectivity index (χ0n) is 6.18. The summed E-state index contributed by atoms with van der Waals surface area (Å²) in [6.45, 7) is 2.96. The zero-order valence-corrected chi connectivity index (χ0v) is 6.18. The van der Waals surface area contributed by atoms with E-state index in [0.717, 1.165) is 19.4 Å². The van der Waals surface area contributed by atoms with E-state index < -0.39 is 0 Å². The van der Waals surface area contributed by atoms with Gasteiger partial charge in [0, 0.05) is 13.0 Å². The summed E-state index contributed by atoms with van der Waals surface area (Å²) in [4.78, 5) is 0. The van der Waals surface area contributed by atoms with Crippen molar-refractivity contribution in [3.05, 3.63) is 0 Å². The summed E-state index contributed by atoms with van der Waals surface area (Å²) in [5, 5.41) is 8.41. The smallest absolute Gasteiger partial charge is 0.149 e. The second kappa shape index (κ2) is 3.05. The van der Waals surface area contributed by atoms with Gasteiger partial charge in [-0.25, -0.2) is 0 Å². The van der Waals surface area contributed by atoms with E-state index in [1.807, 2.05) is 6.92 Å². The van der Waals surface area contributed by atoms with Crippen LogP contribution in [-0.4, -0.2) is 23.9 Å². The number of hydrogen-bond acceptors (Lipinski definition) is 2. The van der Waals surface area contributed by atoms with Crippen LogP contribution in [0.15, 0.2) is 0 Å². The third kappa shape index (κ3) is 2.38. The van der Waals surface area contributed by atoms with Gasteiger partial charge in [-0.3, -0.25) is 0 Å². The molecule has 1 saturated heterocycles. The van der Waals surface area contributed by atoms with Crippen LogP contribution in [0.25, 0.3) is 0 Å². The van der Waals surface area contributed by atoms with E-state index in [1.54, 1.807) is 0 Å². The SMILES string of the molecule is CC1(C#CCCCO)CO1. The molecule has 1 rings (SSSR count). The van der Waals surface area contributed by atoms with Crippen LogP contribution in [0.1, 0.15) is 19.8 Å². The minimum Gasteiger partial charge on any atom is -0.396 e. The molecule has 0 amide bonds. The van der Waals surface area contributed by atoms with Crippen molar-refractivity contribution in [3.8, 4) is 11.8 Å². The fourth-order valence-corrected chi connectivity index (χ4v) is 0.597. The largest absolute Gasteiger partial charge is 0.396 e. The van der Waals surface area contributed by atoms with Crippen LogP contribution in [0.2, 0.25) is 0 Å². The highest BCUT2D eigenvalue weighted by atomic mass is 16.6. The summed E-state index contributed by atoms with van der Waals surface area (Å²) < 4.78 is 5.04. The van der Waals surface area contributed by atoms with Gasteiger partial charge in [-0.1, -0.05) is 5.92 Å². The first-order valence-corrected chi connectivity index (χ1v) is 3.52. The molecule has 1 N–H and O–H groups in total. The van der Waals surface area contributed by atoms with Gasteiger partial charge in [-0.15, -0.1) is 5.92 Å². The van der Waals surface area contributed by atoms with Crippen LogP contribution < -0.4 is 0 Å². The maximum Gasteiger partial charge on any atom is 0.149 e. The first kappa shape index (κ1) is 7.59. The van der Waals surface area contributed by atoms with E-state index in [1.165, 1.54) is 0 Å². The van der Waals surface area contributed by atoms with Gasteiger partial charge in [0.1, 0.15) is 5.60 Å². The Balaban J connectivity index is 2.13. The number of epoxide rings is 1. The van der Waals surface area contributed by atoms with E-state index in [2.05, 4.69) is 11.8 Å². The van der Waals surface area contributed by atoms with Crippen molar-refractivity contribution in [1.82, 2.24) is 0 Å². The second-order valence-electron chi connectivity index (χ2n) is 2.65. The number of aliphatic hydroxyl groups is 1. The van der Waals surface area contributed by atoms with Crippen LogP contribution in [0.5, 0.6) is 0 Å². The average Bonchev–Trinajstić information content (AvgIpc) is 2.62. The van der Waals surface area contributed by atoms with E-state index in [0.29, 0.717) is 0 Å². The Morgan fingerprint density at radius 2 is 2.40 bits per heavy atom. The van der Waals surface area contributed by atoms with Crippen LogP contribution in [0, 0.1) is 11.8 Å². The van der Waals surface area contributed by atoms with Crippen LogP contribution >= 0.6 is 0 Å². The lowest BCUT2D eigenvalue weighted by atomic mass is 10.2.